The number of carbonyl (C=O) groups is 4. The zero-order chi connectivity index (χ0) is 56.0. The van der Waals surface area contributed by atoms with Crippen molar-refractivity contribution >= 4 is 23.6 Å². The second-order valence-corrected chi connectivity index (χ2v) is 17.0. The highest BCUT2D eigenvalue weighted by atomic mass is 16.6. The van der Waals surface area contributed by atoms with Gasteiger partial charge in [0.2, 0.25) is 23.6 Å². The molecule has 25 nitrogen and oxygen atoms in total. The van der Waals surface area contributed by atoms with Crippen LogP contribution < -0.4 is 27.4 Å². The van der Waals surface area contributed by atoms with Crippen LogP contribution in [0.25, 0.3) is 0 Å². The number of nitrogens with two attached hydrogens (primary N) is 2. The van der Waals surface area contributed by atoms with Crippen LogP contribution >= 0.6 is 0 Å². The number of primary amides is 1. The highest BCUT2D eigenvalue weighted by molar-refractivity contribution is 5.91. The third-order valence-electron chi connectivity index (χ3n) is 10.4. The van der Waals surface area contributed by atoms with Crippen molar-refractivity contribution in [3.8, 4) is 0 Å². The molecule has 2 atom stereocenters. The van der Waals surface area contributed by atoms with Gasteiger partial charge < -0.3 is 103 Å². The molecular formula is C52H103N5O20. The van der Waals surface area contributed by atoms with Gasteiger partial charge in [-0.1, -0.05) is 13.8 Å². The first-order valence-electron chi connectivity index (χ1n) is 27.9. The summed E-state index contributed by atoms with van der Waals surface area (Å²) < 4.78 is 87.5. The van der Waals surface area contributed by atoms with Crippen molar-refractivity contribution < 1.29 is 95.0 Å². The Bertz CT molecular complexity index is 1290. The third kappa shape index (κ3) is 57.7. The maximum atomic E-state index is 13.3. The maximum Gasteiger partial charge on any atom is 0.243 e. The quantitative estimate of drug-likeness (QED) is 0.0524. The molecule has 0 rings (SSSR count). The Kier molecular flexibility index (Phi) is 60.1. The van der Waals surface area contributed by atoms with Gasteiger partial charge in [-0.3, -0.25) is 19.2 Å². The van der Waals surface area contributed by atoms with Crippen LogP contribution in [0.3, 0.4) is 0 Å². The molecule has 456 valence electrons. The van der Waals surface area contributed by atoms with Gasteiger partial charge in [-0.15, -0.1) is 0 Å². The van der Waals surface area contributed by atoms with E-state index in [1.807, 2.05) is 0 Å². The van der Waals surface area contributed by atoms with E-state index in [0.717, 1.165) is 26.1 Å². The molecule has 0 spiro atoms. The lowest BCUT2D eigenvalue weighted by Gasteiger charge is -2.22. The molecule has 0 aliphatic carbocycles. The predicted molar refractivity (Wildman–Crippen MR) is 286 cm³/mol. The van der Waals surface area contributed by atoms with Gasteiger partial charge in [0.15, 0.2) is 0 Å². The SMILES string of the molecule is CCCOCCOCCOCCOCCOCCOCCOCCOCCC(=O)NCCCC[C@@H](NC(=O)CCOCCOCCOCCOCCOCCOCCOCCOCCC)C(=O)NC(CCCCN)C(N)=O. The van der Waals surface area contributed by atoms with Gasteiger partial charge in [0.05, 0.1) is 198 Å². The number of ether oxygens (including phenoxy) is 16. The Balaban J connectivity index is 4.02. The van der Waals surface area contributed by atoms with Crippen LogP contribution in [0.5, 0.6) is 0 Å². The van der Waals surface area contributed by atoms with Gasteiger partial charge in [-0.05, 0) is 57.9 Å². The topological polar surface area (TPSA) is 304 Å². The van der Waals surface area contributed by atoms with E-state index in [2.05, 4.69) is 29.8 Å². The third-order valence-corrected chi connectivity index (χ3v) is 10.4. The van der Waals surface area contributed by atoms with Crippen LogP contribution in [0.15, 0.2) is 0 Å². The molecule has 0 heterocycles. The fourth-order valence-corrected chi connectivity index (χ4v) is 6.28. The standard InChI is InChI=1S/C52H103N5O20/c1-3-15-62-19-23-66-27-31-70-35-39-74-43-45-76-41-37-72-33-29-68-25-21-64-17-11-49(58)55-14-8-6-10-48(52(61)57-47(51(54)60)9-5-7-13-53)56-50(59)12-18-65-22-26-69-30-34-73-38-42-77-46-44-75-40-36-71-32-28-67-24-20-63-16-4-2/h47-48H,3-46,53H2,1-2H3,(H2,54,60)(H,55,58)(H,56,59)(H,57,61)/t47?,48-/m1/s1. The van der Waals surface area contributed by atoms with Crippen molar-refractivity contribution in [2.45, 2.75) is 90.1 Å². The van der Waals surface area contributed by atoms with Crippen molar-refractivity contribution in [2.75, 3.05) is 225 Å². The zero-order valence-corrected chi connectivity index (χ0v) is 47.1. The van der Waals surface area contributed by atoms with E-state index in [0.29, 0.717) is 224 Å². The molecule has 0 radical (unpaired) electrons. The number of nitrogens with one attached hydrogen (secondary N) is 3. The molecule has 0 aromatic heterocycles. The summed E-state index contributed by atoms with van der Waals surface area (Å²) in [4.78, 5) is 50.7. The fourth-order valence-electron chi connectivity index (χ4n) is 6.28. The van der Waals surface area contributed by atoms with Gasteiger partial charge in [-0.2, -0.15) is 0 Å². The molecule has 0 bridgehead atoms. The summed E-state index contributed by atoms with van der Waals surface area (Å²) >= 11 is 0. The highest BCUT2D eigenvalue weighted by Gasteiger charge is 2.25. The Morgan fingerprint density at radius 3 is 0.909 bits per heavy atom. The maximum absolute atomic E-state index is 13.3. The van der Waals surface area contributed by atoms with Crippen LogP contribution in [0, 0.1) is 0 Å². The molecule has 0 aromatic carbocycles. The van der Waals surface area contributed by atoms with Crippen LogP contribution in [-0.4, -0.2) is 260 Å². The smallest absolute Gasteiger partial charge is 0.243 e. The van der Waals surface area contributed by atoms with Crippen molar-refractivity contribution in [3.63, 3.8) is 0 Å². The number of rotatable bonds is 65. The summed E-state index contributed by atoms with van der Waals surface area (Å²) in [5.74, 6) is -1.76. The Labute approximate surface area is 459 Å². The normalized spacial score (nSPS) is 12.2. The fraction of sp³-hybridized carbons (Fsp3) is 0.923. The van der Waals surface area contributed by atoms with E-state index in [9.17, 15) is 19.2 Å². The summed E-state index contributed by atoms with van der Waals surface area (Å²) in [5, 5.41) is 8.30. The molecule has 7 N–H and O–H groups in total. The molecular weight excluding hydrogens is 1010 g/mol. The molecule has 0 saturated carbocycles. The number of hydrogen-bond acceptors (Lipinski definition) is 21. The van der Waals surface area contributed by atoms with E-state index >= 15 is 0 Å². The van der Waals surface area contributed by atoms with Crippen LogP contribution in [0.1, 0.15) is 78.1 Å². The number of carbonyl (C=O) groups excluding carboxylic acids is 4. The molecule has 77 heavy (non-hydrogen) atoms. The summed E-state index contributed by atoms with van der Waals surface area (Å²) in [6, 6.07) is -1.83. The second kappa shape index (κ2) is 62.4. The van der Waals surface area contributed by atoms with E-state index < -0.39 is 29.8 Å². The van der Waals surface area contributed by atoms with Crippen molar-refractivity contribution in [3.05, 3.63) is 0 Å². The van der Waals surface area contributed by atoms with E-state index in [-0.39, 0.29) is 45.0 Å². The van der Waals surface area contributed by atoms with E-state index in [1.165, 1.54) is 0 Å². The minimum absolute atomic E-state index is 0.00515. The second-order valence-electron chi connectivity index (χ2n) is 17.0. The minimum Gasteiger partial charge on any atom is -0.379 e. The zero-order valence-electron chi connectivity index (χ0n) is 47.1. The first-order valence-corrected chi connectivity index (χ1v) is 27.9. The van der Waals surface area contributed by atoms with Gasteiger partial charge in [0.1, 0.15) is 12.1 Å². The Morgan fingerprint density at radius 2 is 0.610 bits per heavy atom. The van der Waals surface area contributed by atoms with Crippen molar-refractivity contribution in [1.29, 1.82) is 0 Å². The van der Waals surface area contributed by atoms with Crippen molar-refractivity contribution in [1.82, 2.24) is 16.0 Å². The molecule has 0 aromatic rings. The Morgan fingerprint density at radius 1 is 0.338 bits per heavy atom. The molecule has 0 fully saturated rings. The van der Waals surface area contributed by atoms with Crippen LogP contribution in [-0.2, 0) is 95.0 Å². The molecule has 4 amide bonds. The summed E-state index contributed by atoms with van der Waals surface area (Å²) in [6.45, 7) is 19.7. The van der Waals surface area contributed by atoms with Gasteiger partial charge >= 0.3 is 0 Å². The summed E-state index contributed by atoms with van der Waals surface area (Å²) in [7, 11) is 0. The number of unbranched alkanes of at least 4 members (excludes halogenated alkanes) is 2. The average molecular weight is 1120 g/mol. The van der Waals surface area contributed by atoms with Gasteiger partial charge in [-0.25, -0.2) is 0 Å². The lowest BCUT2D eigenvalue weighted by Crippen LogP contribution is -2.53. The monoisotopic (exact) mass is 1120 g/mol. The van der Waals surface area contributed by atoms with Crippen LogP contribution in [0.2, 0.25) is 0 Å². The molecule has 0 aliphatic rings. The number of hydrogen-bond donors (Lipinski definition) is 5. The lowest BCUT2D eigenvalue weighted by molar-refractivity contribution is -0.132. The van der Waals surface area contributed by atoms with Gasteiger partial charge in [0, 0.05) is 32.6 Å². The first kappa shape index (κ1) is 74.2. The van der Waals surface area contributed by atoms with Gasteiger partial charge in [0.25, 0.3) is 0 Å². The molecule has 0 saturated heterocycles. The summed E-state index contributed by atoms with van der Waals surface area (Å²) in [6.07, 6.45) is 5.09. The molecule has 25 heteroatoms. The lowest BCUT2D eigenvalue weighted by atomic mass is 10.1. The highest BCUT2D eigenvalue weighted by Crippen LogP contribution is 2.06. The Hall–Kier alpha value is -2.80. The molecule has 1 unspecified atom stereocenters. The summed E-state index contributed by atoms with van der Waals surface area (Å²) in [5.41, 5.74) is 11.2. The first-order chi connectivity index (χ1) is 37.8. The van der Waals surface area contributed by atoms with E-state index in [1.54, 1.807) is 0 Å². The predicted octanol–water partition coefficient (Wildman–Crippen LogP) is 0.723. The van der Waals surface area contributed by atoms with Crippen molar-refractivity contribution in [2.24, 2.45) is 11.5 Å². The van der Waals surface area contributed by atoms with Crippen LogP contribution in [0.4, 0.5) is 0 Å². The van der Waals surface area contributed by atoms with E-state index in [4.69, 9.17) is 87.3 Å². The minimum atomic E-state index is -0.929. The average Bonchev–Trinajstić information content (AvgIpc) is 3.42. The molecule has 0 aliphatic heterocycles. The largest absolute Gasteiger partial charge is 0.379 e. The number of amides is 4.